The molecule has 0 fully saturated rings. The summed E-state index contributed by atoms with van der Waals surface area (Å²) in [5.41, 5.74) is 2.10. The predicted octanol–water partition coefficient (Wildman–Crippen LogP) is 3.83. The van der Waals surface area contributed by atoms with Crippen LogP contribution in [0.2, 0.25) is 0 Å². The van der Waals surface area contributed by atoms with E-state index >= 15 is 0 Å². The minimum Gasteiger partial charge on any atom is -0.422 e. The Morgan fingerprint density at radius 1 is 1.15 bits per heavy atom. The van der Waals surface area contributed by atoms with Crippen molar-refractivity contribution in [1.29, 1.82) is 0 Å². The predicted molar refractivity (Wildman–Crippen MR) is 105 cm³/mol. The van der Waals surface area contributed by atoms with Gasteiger partial charge in [-0.2, -0.15) is 5.10 Å². The lowest BCUT2D eigenvalue weighted by Crippen LogP contribution is -2.29. The first-order chi connectivity index (χ1) is 13.1. The van der Waals surface area contributed by atoms with Gasteiger partial charge in [0.1, 0.15) is 5.58 Å². The van der Waals surface area contributed by atoms with Crippen LogP contribution in [-0.4, -0.2) is 22.7 Å². The van der Waals surface area contributed by atoms with Crippen LogP contribution >= 0.6 is 0 Å². The second-order valence-electron chi connectivity index (χ2n) is 6.44. The number of carbonyl (C=O) groups excluding carboxylic acids is 1. The second kappa shape index (κ2) is 7.03. The van der Waals surface area contributed by atoms with Gasteiger partial charge >= 0.3 is 5.63 Å². The highest BCUT2D eigenvalue weighted by molar-refractivity contribution is 6.04. The first kappa shape index (κ1) is 17.0. The van der Waals surface area contributed by atoms with Crippen LogP contribution in [0.3, 0.4) is 0 Å². The van der Waals surface area contributed by atoms with Crippen molar-refractivity contribution in [1.82, 2.24) is 5.01 Å². The molecule has 0 N–H and O–H groups in total. The first-order valence-electron chi connectivity index (χ1n) is 8.75. The Morgan fingerprint density at radius 3 is 2.67 bits per heavy atom. The molecule has 0 aliphatic carbocycles. The van der Waals surface area contributed by atoms with Gasteiger partial charge in [0.15, 0.2) is 0 Å². The summed E-state index contributed by atoms with van der Waals surface area (Å²) in [6, 6.07) is 18.7. The van der Waals surface area contributed by atoms with E-state index in [0.717, 1.165) is 10.9 Å². The van der Waals surface area contributed by atoms with Gasteiger partial charge in [0, 0.05) is 18.7 Å². The van der Waals surface area contributed by atoms with Crippen LogP contribution in [0, 0.1) is 0 Å². The Balaban J connectivity index is 1.67. The maximum atomic E-state index is 12.4. The number of hydrogen-bond donors (Lipinski definition) is 0. The number of carbonyl (C=O) groups is 1. The van der Waals surface area contributed by atoms with Gasteiger partial charge in [-0.3, -0.25) is 4.79 Å². The summed E-state index contributed by atoms with van der Waals surface area (Å²) in [7, 11) is 0. The van der Waals surface area contributed by atoms with Crippen LogP contribution < -0.4 is 5.63 Å². The lowest BCUT2D eigenvalue weighted by Gasteiger charge is -2.16. The number of amides is 1. The fourth-order valence-corrected chi connectivity index (χ4v) is 3.20. The van der Waals surface area contributed by atoms with Crippen LogP contribution in [0.5, 0.6) is 0 Å². The van der Waals surface area contributed by atoms with E-state index < -0.39 is 5.63 Å². The molecule has 1 amide bonds. The van der Waals surface area contributed by atoms with Crippen molar-refractivity contribution in [2.24, 2.45) is 5.10 Å². The molecular formula is C22H18N2O3. The Labute approximate surface area is 156 Å². The number of benzene rings is 2. The van der Waals surface area contributed by atoms with E-state index in [2.05, 4.69) is 5.10 Å². The number of rotatable bonds is 3. The molecule has 134 valence electrons. The molecule has 1 atom stereocenters. The minimum atomic E-state index is -0.441. The van der Waals surface area contributed by atoms with Gasteiger partial charge in [0.25, 0.3) is 0 Å². The molecule has 0 radical (unpaired) electrons. The summed E-state index contributed by atoms with van der Waals surface area (Å²) in [5, 5.41) is 6.65. The van der Waals surface area contributed by atoms with Crippen molar-refractivity contribution in [3.8, 4) is 0 Å². The van der Waals surface area contributed by atoms with Gasteiger partial charge in [-0.1, -0.05) is 60.7 Å². The van der Waals surface area contributed by atoms with E-state index in [-0.39, 0.29) is 11.9 Å². The highest BCUT2D eigenvalue weighted by atomic mass is 16.4. The van der Waals surface area contributed by atoms with Crippen molar-refractivity contribution in [3.05, 3.63) is 88.3 Å². The average molecular weight is 358 g/mol. The quantitative estimate of drug-likeness (QED) is 0.669. The van der Waals surface area contributed by atoms with Crippen molar-refractivity contribution < 1.29 is 9.21 Å². The van der Waals surface area contributed by atoms with Gasteiger partial charge < -0.3 is 4.42 Å². The molecule has 3 aromatic rings. The average Bonchev–Trinajstić information content (AvgIpc) is 3.11. The van der Waals surface area contributed by atoms with Crippen LogP contribution in [0.1, 0.15) is 24.5 Å². The standard InChI is InChI=1S/C22H18N2O3/c1-15(25)24-18(12-11-16-7-3-2-4-8-16)14-20(23-24)19-13-17-9-5-6-10-21(17)27-22(19)26/h2-13,18H,14H2,1H3/b12-11+. The Hall–Kier alpha value is -3.47. The van der Waals surface area contributed by atoms with Crippen molar-refractivity contribution >= 4 is 28.7 Å². The van der Waals surface area contributed by atoms with Crippen molar-refractivity contribution in [3.63, 3.8) is 0 Å². The van der Waals surface area contributed by atoms with Crippen LogP contribution in [0.15, 0.2) is 81.1 Å². The zero-order chi connectivity index (χ0) is 18.8. The fourth-order valence-electron chi connectivity index (χ4n) is 3.20. The molecule has 0 spiro atoms. The molecular weight excluding hydrogens is 340 g/mol. The van der Waals surface area contributed by atoms with Crippen LogP contribution in [0.25, 0.3) is 17.0 Å². The molecule has 4 rings (SSSR count). The van der Waals surface area contributed by atoms with Crippen LogP contribution in [0.4, 0.5) is 0 Å². The smallest absolute Gasteiger partial charge is 0.345 e. The molecule has 1 unspecified atom stereocenters. The van der Waals surface area contributed by atoms with Gasteiger partial charge in [0.05, 0.1) is 17.3 Å². The van der Waals surface area contributed by atoms with Crippen molar-refractivity contribution in [2.45, 2.75) is 19.4 Å². The summed E-state index contributed by atoms with van der Waals surface area (Å²) in [4.78, 5) is 24.4. The SMILES string of the molecule is CC(=O)N1N=C(c2cc3ccccc3oc2=O)CC1/C=C/c1ccccc1. The molecule has 27 heavy (non-hydrogen) atoms. The molecule has 1 aromatic heterocycles. The zero-order valence-electron chi connectivity index (χ0n) is 14.8. The maximum Gasteiger partial charge on any atom is 0.345 e. The minimum absolute atomic E-state index is 0.169. The lowest BCUT2D eigenvalue weighted by atomic mass is 10.0. The largest absolute Gasteiger partial charge is 0.422 e. The summed E-state index contributed by atoms with van der Waals surface area (Å²) >= 11 is 0. The summed E-state index contributed by atoms with van der Waals surface area (Å²) < 4.78 is 5.41. The van der Waals surface area contributed by atoms with Gasteiger partial charge in [-0.15, -0.1) is 0 Å². The topological polar surface area (TPSA) is 62.9 Å². The van der Waals surface area contributed by atoms with Gasteiger partial charge in [0.2, 0.25) is 5.91 Å². The zero-order valence-corrected chi connectivity index (χ0v) is 14.8. The lowest BCUT2D eigenvalue weighted by molar-refractivity contribution is -0.129. The highest BCUT2D eigenvalue weighted by Crippen LogP contribution is 2.23. The molecule has 2 aromatic carbocycles. The number of hydrogen-bond acceptors (Lipinski definition) is 4. The van der Waals surface area contributed by atoms with Crippen molar-refractivity contribution in [2.75, 3.05) is 0 Å². The third kappa shape index (κ3) is 3.44. The van der Waals surface area contributed by atoms with E-state index in [1.54, 1.807) is 12.1 Å². The summed E-state index contributed by atoms with van der Waals surface area (Å²) in [6.07, 6.45) is 4.36. The number of fused-ring (bicyclic) bond motifs is 1. The molecule has 0 bridgehead atoms. The van der Waals surface area contributed by atoms with Gasteiger partial charge in [-0.05, 0) is 17.7 Å². The van der Waals surface area contributed by atoms with E-state index in [1.807, 2.05) is 60.7 Å². The van der Waals surface area contributed by atoms with E-state index in [4.69, 9.17) is 4.42 Å². The summed E-state index contributed by atoms with van der Waals surface area (Å²) in [5.74, 6) is -0.169. The van der Waals surface area contributed by atoms with Gasteiger partial charge in [-0.25, -0.2) is 9.80 Å². The molecule has 0 saturated heterocycles. The van der Waals surface area contributed by atoms with E-state index in [9.17, 15) is 9.59 Å². The third-order valence-corrected chi connectivity index (χ3v) is 4.53. The molecule has 5 nitrogen and oxygen atoms in total. The summed E-state index contributed by atoms with van der Waals surface area (Å²) in [6.45, 7) is 1.47. The number of para-hydroxylation sites is 1. The Kier molecular flexibility index (Phi) is 4.42. The Bertz CT molecular complexity index is 1110. The normalized spacial score (nSPS) is 16.9. The highest BCUT2D eigenvalue weighted by Gasteiger charge is 2.29. The second-order valence-corrected chi connectivity index (χ2v) is 6.44. The number of hydrazone groups is 1. The maximum absolute atomic E-state index is 12.4. The molecule has 2 heterocycles. The first-order valence-corrected chi connectivity index (χ1v) is 8.75. The molecule has 1 aliphatic rings. The Morgan fingerprint density at radius 2 is 1.89 bits per heavy atom. The van der Waals surface area contributed by atoms with Crippen LogP contribution in [-0.2, 0) is 4.79 Å². The number of nitrogens with zero attached hydrogens (tertiary/aromatic N) is 2. The fraction of sp³-hybridized carbons (Fsp3) is 0.136. The monoisotopic (exact) mass is 358 g/mol. The third-order valence-electron chi connectivity index (χ3n) is 4.53. The van der Waals surface area contributed by atoms with E-state index in [0.29, 0.717) is 23.3 Å². The molecule has 0 saturated carbocycles. The molecule has 1 aliphatic heterocycles. The van der Waals surface area contributed by atoms with E-state index in [1.165, 1.54) is 11.9 Å². The molecule has 5 heteroatoms.